The Labute approximate surface area is 207 Å². The van der Waals surface area contributed by atoms with Crippen molar-refractivity contribution in [2.45, 2.75) is 79.1 Å². The van der Waals surface area contributed by atoms with E-state index < -0.39 is 11.9 Å². The molecule has 0 aliphatic carbocycles. The van der Waals surface area contributed by atoms with E-state index in [1.54, 1.807) is 0 Å². The molecule has 0 aliphatic heterocycles. The van der Waals surface area contributed by atoms with Gasteiger partial charge in [-0.05, 0) is 58.1 Å². The van der Waals surface area contributed by atoms with Crippen LogP contribution in [0.15, 0.2) is 24.3 Å². The molecule has 2 aromatic carbocycles. The Morgan fingerprint density at radius 1 is 0.606 bits per heavy atom. The molecule has 6 nitrogen and oxygen atoms in total. The number of carboxylic acids is 2. The third kappa shape index (κ3) is 7.79. The number of hydrogen-bond acceptors (Lipinski definition) is 6. The van der Waals surface area contributed by atoms with Crippen LogP contribution in [0.2, 0.25) is 0 Å². The molecule has 0 atom stereocenters. The van der Waals surface area contributed by atoms with Crippen molar-refractivity contribution < 1.29 is 47.1 Å². The molecule has 0 bridgehead atoms. The Kier molecular flexibility index (Phi) is 11.7. The van der Waals surface area contributed by atoms with Crippen LogP contribution >= 0.6 is 0 Å². The van der Waals surface area contributed by atoms with E-state index in [0.29, 0.717) is 11.1 Å². The van der Waals surface area contributed by atoms with Crippen LogP contribution in [0.4, 0.5) is 0 Å². The summed E-state index contributed by atoms with van der Waals surface area (Å²) in [6.45, 7) is 15.6. The summed E-state index contributed by atoms with van der Waals surface area (Å²) in [5.74, 6) is -2.40. The average molecular weight is 497 g/mol. The zero-order chi connectivity index (χ0) is 24.9. The summed E-state index contributed by atoms with van der Waals surface area (Å²) in [5.41, 5.74) is 2.89. The van der Waals surface area contributed by atoms with Gasteiger partial charge in [-0.2, -0.15) is 0 Å². The second-order valence-corrected chi connectivity index (χ2v) is 9.21. The molecule has 1 radical (unpaired) electrons. The van der Waals surface area contributed by atoms with E-state index >= 15 is 0 Å². The summed E-state index contributed by atoms with van der Waals surface area (Å²) in [4.78, 5) is 21.8. The van der Waals surface area contributed by atoms with Crippen molar-refractivity contribution in [3.05, 3.63) is 57.6 Å². The SMILES string of the molecule is CC(C)c1cc(C(=O)[O-])c(O)c(C(C)C)c1.CC(C)c1cc(C(=O)[O-])c(O)c(C(C)C)c1.[Mn+2]. The van der Waals surface area contributed by atoms with Crippen molar-refractivity contribution in [3.63, 3.8) is 0 Å². The van der Waals surface area contributed by atoms with Crippen molar-refractivity contribution >= 4 is 11.9 Å². The number of carbonyl (C=O) groups excluding carboxylic acids is 2. The van der Waals surface area contributed by atoms with E-state index in [2.05, 4.69) is 0 Å². The van der Waals surface area contributed by atoms with Crippen LogP contribution in [-0.2, 0) is 17.1 Å². The number of aromatic carboxylic acids is 2. The Morgan fingerprint density at radius 2 is 0.879 bits per heavy atom. The first-order chi connectivity index (χ1) is 14.7. The maximum absolute atomic E-state index is 10.9. The van der Waals surface area contributed by atoms with Crippen molar-refractivity contribution in [1.29, 1.82) is 0 Å². The molecule has 0 saturated heterocycles. The molecule has 0 unspecified atom stereocenters. The molecular weight excluding hydrogens is 463 g/mol. The standard InChI is InChI=1S/2C13H18O3.Mn/c2*1-7(2)9-5-10(8(3)4)12(14)11(6-9)13(15)16;/h2*5-8,14H,1-4H3,(H,15,16);/q;;+2/p-2. The van der Waals surface area contributed by atoms with Crippen molar-refractivity contribution in [2.75, 3.05) is 0 Å². The molecule has 2 N–H and O–H groups in total. The number of hydrogen-bond donors (Lipinski definition) is 2. The topological polar surface area (TPSA) is 121 Å². The Balaban J connectivity index is 0.000000602. The number of carboxylic acid groups (broad SMARTS) is 2. The number of carbonyl (C=O) groups is 2. The normalized spacial score (nSPS) is 10.8. The van der Waals surface area contributed by atoms with Crippen molar-refractivity contribution in [2.24, 2.45) is 0 Å². The van der Waals surface area contributed by atoms with Gasteiger partial charge >= 0.3 is 17.1 Å². The molecule has 0 fully saturated rings. The van der Waals surface area contributed by atoms with Gasteiger partial charge in [0.2, 0.25) is 0 Å². The van der Waals surface area contributed by atoms with Crippen LogP contribution in [0.25, 0.3) is 0 Å². The van der Waals surface area contributed by atoms with Crippen LogP contribution in [0.3, 0.4) is 0 Å². The Morgan fingerprint density at radius 3 is 1.06 bits per heavy atom. The molecule has 2 rings (SSSR count). The molecule has 7 heteroatoms. The van der Waals surface area contributed by atoms with Crippen molar-refractivity contribution in [1.82, 2.24) is 0 Å². The number of phenols is 2. The van der Waals surface area contributed by atoms with Gasteiger partial charge in [0.25, 0.3) is 0 Å². The minimum atomic E-state index is -1.33. The molecule has 0 aliphatic rings. The molecule has 0 heterocycles. The maximum Gasteiger partial charge on any atom is 2.00 e. The van der Waals surface area contributed by atoms with Gasteiger partial charge < -0.3 is 30.0 Å². The van der Waals surface area contributed by atoms with E-state index in [-0.39, 0.29) is 63.4 Å². The molecule has 2 aromatic rings. The summed E-state index contributed by atoms with van der Waals surface area (Å²) in [6, 6.07) is 6.69. The first-order valence-corrected chi connectivity index (χ1v) is 10.8. The van der Waals surface area contributed by atoms with E-state index in [1.807, 2.05) is 67.5 Å². The van der Waals surface area contributed by atoms with Gasteiger partial charge in [-0.1, -0.05) is 67.5 Å². The molecular formula is C26H34MnO6. The largest absolute Gasteiger partial charge is 2.00 e. The van der Waals surface area contributed by atoms with E-state index in [0.717, 1.165) is 11.1 Å². The fourth-order valence-corrected chi connectivity index (χ4v) is 3.22. The van der Waals surface area contributed by atoms with E-state index in [4.69, 9.17) is 0 Å². The molecule has 181 valence electrons. The predicted molar refractivity (Wildman–Crippen MR) is 121 cm³/mol. The maximum atomic E-state index is 10.9. The number of aromatic hydroxyl groups is 2. The minimum Gasteiger partial charge on any atom is -0.545 e. The molecule has 0 spiro atoms. The third-order valence-electron chi connectivity index (χ3n) is 5.34. The minimum absolute atomic E-state index is 0. The van der Waals surface area contributed by atoms with E-state index in [9.17, 15) is 30.0 Å². The zero-order valence-electron chi connectivity index (χ0n) is 20.5. The fourth-order valence-electron chi connectivity index (χ4n) is 3.22. The predicted octanol–water partition coefficient (Wildman–Crippen LogP) is 4.00. The van der Waals surface area contributed by atoms with Gasteiger partial charge in [-0.25, -0.2) is 0 Å². The Hall–Kier alpha value is -2.50. The van der Waals surface area contributed by atoms with Gasteiger partial charge in [-0.15, -0.1) is 0 Å². The van der Waals surface area contributed by atoms with Gasteiger partial charge in [0, 0.05) is 11.1 Å². The van der Waals surface area contributed by atoms with Crippen LogP contribution in [0.1, 0.15) is 122 Å². The van der Waals surface area contributed by atoms with Gasteiger partial charge in [0.05, 0.1) is 11.9 Å². The summed E-state index contributed by atoms with van der Waals surface area (Å²) >= 11 is 0. The van der Waals surface area contributed by atoms with Gasteiger partial charge in [0.15, 0.2) is 0 Å². The van der Waals surface area contributed by atoms with Crippen molar-refractivity contribution in [3.8, 4) is 11.5 Å². The fraction of sp³-hybridized carbons (Fsp3) is 0.462. The van der Waals surface area contributed by atoms with Crippen LogP contribution < -0.4 is 10.2 Å². The molecule has 0 aromatic heterocycles. The number of benzene rings is 2. The van der Waals surface area contributed by atoms with Crippen LogP contribution in [0.5, 0.6) is 11.5 Å². The molecule has 33 heavy (non-hydrogen) atoms. The summed E-state index contributed by atoms with van der Waals surface area (Å²) in [6.07, 6.45) is 0. The van der Waals surface area contributed by atoms with Gasteiger partial charge in [0.1, 0.15) is 11.5 Å². The first kappa shape index (κ1) is 30.5. The van der Waals surface area contributed by atoms with E-state index in [1.165, 1.54) is 12.1 Å². The summed E-state index contributed by atoms with van der Waals surface area (Å²) in [5, 5.41) is 41.4. The average Bonchev–Trinajstić information content (AvgIpc) is 2.67. The summed E-state index contributed by atoms with van der Waals surface area (Å²) in [7, 11) is 0. The molecule has 0 saturated carbocycles. The quantitative estimate of drug-likeness (QED) is 0.582. The number of rotatable bonds is 6. The first-order valence-electron chi connectivity index (χ1n) is 10.8. The smallest absolute Gasteiger partial charge is 0.545 e. The summed E-state index contributed by atoms with van der Waals surface area (Å²) < 4.78 is 0. The second kappa shape index (κ2) is 12.7. The Bertz CT molecular complexity index is 898. The molecule has 0 amide bonds. The zero-order valence-corrected chi connectivity index (χ0v) is 21.7. The van der Waals surface area contributed by atoms with Gasteiger partial charge in [-0.3, -0.25) is 0 Å². The van der Waals surface area contributed by atoms with Crippen LogP contribution in [-0.4, -0.2) is 22.2 Å². The monoisotopic (exact) mass is 497 g/mol. The second-order valence-electron chi connectivity index (χ2n) is 9.21. The van der Waals surface area contributed by atoms with Crippen LogP contribution in [0, 0.1) is 0 Å². The third-order valence-corrected chi connectivity index (χ3v) is 5.34.